The summed E-state index contributed by atoms with van der Waals surface area (Å²) in [6.45, 7) is 5.86. The summed E-state index contributed by atoms with van der Waals surface area (Å²) in [6.07, 6.45) is 4.75. The number of benzene rings is 2. The van der Waals surface area contributed by atoms with Crippen LogP contribution in [0.3, 0.4) is 0 Å². The average molecular weight is 441 g/mol. The van der Waals surface area contributed by atoms with E-state index in [2.05, 4.69) is 17.1 Å². The van der Waals surface area contributed by atoms with Crippen molar-refractivity contribution in [1.82, 2.24) is 4.90 Å². The molecule has 4 rings (SSSR count). The van der Waals surface area contributed by atoms with Crippen molar-refractivity contribution in [3.8, 4) is 5.75 Å². The van der Waals surface area contributed by atoms with Crippen LogP contribution in [0.5, 0.6) is 5.75 Å². The van der Waals surface area contributed by atoms with Gasteiger partial charge in [-0.3, -0.25) is 9.69 Å². The summed E-state index contributed by atoms with van der Waals surface area (Å²) in [5, 5.41) is 2.99. The molecule has 1 N–H and O–H groups in total. The highest BCUT2D eigenvalue weighted by Gasteiger charge is 2.43. The quantitative estimate of drug-likeness (QED) is 0.674. The lowest BCUT2D eigenvalue weighted by molar-refractivity contribution is -0.125. The molecule has 0 spiro atoms. The molecule has 0 bridgehead atoms. The zero-order valence-corrected chi connectivity index (χ0v) is 18.8. The number of carbonyl (C=O) groups excluding carboxylic acids is 1. The van der Waals surface area contributed by atoms with E-state index in [9.17, 15) is 9.18 Å². The number of hydrogen-bond donors (Lipinski definition) is 1. The number of carbonyl (C=O) groups is 1. The third-order valence-corrected chi connectivity index (χ3v) is 6.87. The van der Waals surface area contributed by atoms with Crippen molar-refractivity contribution < 1.29 is 18.7 Å². The van der Waals surface area contributed by atoms with Crippen LogP contribution in [0.2, 0.25) is 0 Å². The van der Waals surface area contributed by atoms with Gasteiger partial charge in [-0.05, 0) is 69.5 Å². The van der Waals surface area contributed by atoms with Crippen LogP contribution in [0.4, 0.5) is 10.1 Å². The summed E-state index contributed by atoms with van der Waals surface area (Å²) in [5.74, 6) is 0.234. The molecule has 2 saturated heterocycles. The molecule has 1 atom stereocenters. The molecular formula is C26H33FN2O3. The third-order valence-electron chi connectivity index (χ3n) is 6.87. The number of amides is 1. The number of anilines is 1. The molecule has 2 heterocycles. The first-order valence-corrected chi connectivity index (χ1v) is 11.7. The summed E-state index contributed by atoms with van der Waals surface area (Å²) >= 11 is 0. The monoisotopic (exact) mass is 440 g/mol. The predicted molar refractivity (Wildman–Crippen MR) is 124 cm³/mol. The predicted octanol–water partition coefficient (Wildman–Crippen LogP) is 4.77. The van der Waals surface area contributed by atoms with Gasteiger partial charge in [0.15, 0.2) is 0 Å². The van der Waals surface area contributed by atoms with Gasteiger partial charge in [0.25, 0.3) is 0 Å². The van der Waals surface area contributed by atoms with Gasteiger partial charge in [-0.1, -0.05) is 24.6 Å². The second kappa shape index (κ2) is 10.5. The molecule has 0 radical (unpaired) electrons. The number of nitrogens with zero attached hydrogens (tertiary/aromatic N) is 1. The van der Waals surface area contributed by atoms with Gasteiger partial charge in [0.1, 0.15) is 18.2 Å². The molecule has 2 aliphatic rings. The number of hydrogen-bond acceptors (Lipinski definition) is 4. The zero-order valence-electron chi connectivity index (χ0n) is 18.8. The van der Waals surface area contributed by atoms with Gasteiger partial charge in [0.05, 0.1) is 5.41 Å². The fourth-order valence-corrected chi connectivity index (χ4v) is 4.84. The molecule has 5 nitrogen and oxygen atoms in total. The molecule has 1 unspecified atom stereocenters. The Morgan fingerprint density at radius 2 is 1.91 bits per heavy atom. The summed E-state index contributed by atoms with van der Waals surface area (Å²) in [5.41, 5.74) is 0.186. The van der Waals surface area contributed by atoms with Crippen LogP contribution in [0, 0.1) is 5.82 Å². The number of nitrogens with one attached hydrogen (secondary N) is 1. The van der Waals surface area contributed by atoms with Gasteiger partial charge >= 0.3 is 0 Å². The maximum atomic E-state index is 14.6. The molecule has 172 valence electrons. The van der Waals surface area contributed by atoms with Crippen LogP contribution in [0.1, 0.15) is 44.6 Å². The Bertz CT molecular complexity index is 896. The van der Waals surface area contributed by atoms with E-state index < -0.39 is 5.41 Å². The lowest BCUT2D eigenvalue weighted by atomic mass is 9.73. The highest BCUT2D eigenvalue weighted by atomic mass is 19.1. The van der Waals surface area contributed by atoms with Crippen LogP contribution in [-0.2, 0) is 14.9 Å². The highest BCUT2D eigenvalue weighted by Crippen LogP contribution is 2.37. The Hall–Kier alpha value is -2.44. The van der Waals surface area contributed by atoms with Crippen LogP contribution in [0.25, 0.3) is 0 Å². The molecule has 0 aliphatic carbocycles. The maximum Gasteiger partial charge on any atom is 0.235 e. The van der Waals surface area contributed by atoms with E-state index in [1.165, 1.54) is 25.3 Å². The number of ether oxygens (including phenoxy) is 2. The zero-order chi connectivity index (χ0) is 22.4. The third kappa shape index (κ3) is 5.13. The Morgan fingerprint density at radius 1 is 1.16 bits per heavy atom. The van der Waals surface area contributed by atoms with Crippen molar-refractivity contribution in [3.05, 3.63) is 59.9 Å². The van der Waals surface area contributed by atoms with Gasteiger partial charge in [-0.2, -0.15) is 0 Å². The normalized spacial score (nSPS) is 21.1. The first-order chi connectivity index (χ1) is 15.6. The van der Waals surface area contributed by atoms with Crippen molar-refractivity contribution in [2.45, 2.75) is 50.5 Å². The van der Waals surface area contributed by atoms with Crippen LogP contribution < -0.4 is 10.1 Å². The molecule has 1 amide bonds. The molecule has 2 fully saturated rings. The van der Waals surface area contributed by atoms with Crippen LogP contribution in [0.15, 0.2) is 48.5 Å². The minimum Gasteiger partial charge on any atom is -0.492 e. The van der Waals surface area contributed by atoms with E-state index in [1.54, 1.807) is 18.2 Å². The summed E-state index contributed by atoms with van der Waals surface area (Å²) in [4.78, 5) is 15.8. The summed E-state index contributed by atoms with van der Waals surface area (Å²) < 4.78 is 26.0. The van der Waals surface area contributed by atoms with Crippen molar-refractivity contribution in [3.63, 3.8) is 0 Å². The average Bonchev–Trinajstić information content (AvgIpc) is 2.82. The van der Waals surface area contributed by atoms with E-state index in [0.717, 1.165) is 18.8 Å². The Labute approximate surface area is 189 Å². The lowest BCUT2D eigenvalue weighted by Gasteiger charge is -2.36. The van der Waals surface area contributed by atoms with Crippen molar-refractivity contribution in [2.24, 2.45) is 0 Å². The molecule has 6 heteroatoms. The molecule has 0 saturated carbocycles. The molecule has 2 aromatic rings. The van der Waals surface area contributed by atoms with Crippen molar-refractivity contribution >= 4 is 11.6 Å². The van der Waals surface area contributed by atoms with E-state index in [0.29, 0.717) is 50.0 Å². The van der Waals surface area contributed by atoms with Crippen LogP contribution >= 0.6 is 0 Å². The van der Waals surface area contributed by atoms with Crippen molar-refractivity contribution in [2.75, 3.05) is 38.2 Å². The highest BCUT2D eigenvalue weighted by molar-refractivity contribution is 5.99. The van der Waals surface area contributed by atoms with Gasteiger partial charge in [0, 0.05) is 37.1 Å². The van der Waals surface area contributed by atoms with Gasteiger partial charge < -0.3 is 14.8 Å². The lowest BCUT2D eigenvalue weighted by Crippen LogP contribution is -2.45. The Kier molecular flexibility index (Phi) is 7.43. The first kappa shape index (κ1) is 22.7. The summed E-state index contributed by atoms with van der Waals surface area (Å²) in [6, 6.07) is 14.6. The maximum absolute atomic E-state index is 14.6. The van der Waals surface area contributed by atoms with E-state index in [1.807, 2.05) is 24.3 Å². The topological polar surface area (TPSA) is 50.8 Å². The minimum absolute atomic E-state index is 0.196. The van der Waals surface area contributed by atoms with Crippen LogP contribution in [-0.4, -0.2) is 49.8 Å². The number of piperidine rings is 1. The van der Waals surface area contributed by atoms with E-state index in [-0.39, 0.29) is 11.7 Å². The molecular weight excluding hydrogens is 407 g/mol. The van der Waals surface area contributed by atoms with E-state index >= 15 is 0 Å². The fourth-order valence-electron chi connectivity index (χ4n) is 4.84. The number of halogens is 1. The SMILES string of the molecule is CC1CCCCN1CCOc1ccc(NC(=O)C2(c3ccccc3F)CCOCC2)cc1. The molecule has 0 aromatic heterocycles. The molecule has 32 heavy (non-hydrogen) atoms. The van der Waals surface area contributed by atoms with Gasteiger partial charge in [-0.15, -0.1) is 0 Å². The number of likely N-dealkylation sites (tertiary alicyclic amines) is 1. The second-order valence-electron chi connectivity index (χ2n) is 8.88. The van der Waals surface area contributed by atoms with Gasteiger partial charge in [0.2, 0.25) is 5.91 Å². The van der Waals surface area contributed by atoms with Crippen molar-refractivity contribution in [1.29, 1.82) is 0 Å². The largest absolute Gasteiger partial charge is 0.492 e. The number of rotatable bonds is 7. The van der Waals surface area contributed by atoms with Gasteiger partial charge in [-0.25, -0.2) is 4.39 Å². The minimum atomic E-state index is -0.927. The molecule has 2 aliphatic heterocycles. The molecule has 2 aromatic carbocycles. The second-order valence-corrected chi connectivity index (χ2v) is 8.88. The Morgan fingerprint density at radius 3 is 2.62 bits per heavy atom. The van der Waals surface area contributed by atoms with E-state index in [4.69, 9.17) is 9.47 Å². The Balaban J connectivity index is 1.37. The summed E-state index contributed by atoms with van der Waals surface area (Å²) in [7, 11) is 0. The smallest absolute Gasteiger partial charge is 0.235 e. The first-order valence-electron chi connectivity index (χ1n) is 11.7. The fraction of sp³-hybridized carbons (Fsp3) is 0.500. The standard InChI is InChI=1S/C26H33FN2O3/c1-20-6-4-5-15-29(20)16-19-32-22-11-9-21(10-12-22)28-25(30)26(13-17-31-18-14-26)23-7-2-3-8-24(23)27/h2-3,7-12,20H,4-6,13-19H2,1H3,(H,28,30).